The Balaban J connectivity index is 1.82. The number of carbonyl (C=O) groups is 1. The number of allylic oxidation sites excluding steroid dienone is 1. The molecular weight excluding hydrogens is 248 g/mol. The zero-order valence-corrected chi connectivity index (χ0v) is 12.5. The summed E-state index contributed by atoms with van der Waals surface area (Å²) < 4.78 is 0. The summed E-state index contributed by atoms with van der Waals surface area (Å²) in [5.74, 6) is 3.49. The van der Waals surface area contributed by atoms with E-state index in [1.54, 1.807) is 0 Å². The molecule has 1 fully saturated rings. The average molecular weight is 272 g/mol. The first-order chi connectivity index (χ1) is 9.51. The first kappa shape index (κ1) is 14.7. The molecule has 1 aliphatic carbocycles. The Morgan fingerprint density at radius 3 is 2.75 bits per heavy atom. The highest BCUT2D eigenvalue weighted by Gasteiger charge is 2.23. The number of nitrogens with one attached hydrogen (secondary N) is 1. The summed E-state index contributed by atoms with van der Waals surface area (Å²) in [6, 6.07) is 0. The number of hydrogen-bond donors (Lipinski definition) is 1. The molecule has 3 heteroatoms. The summed E-state index contributed by atoms with van der Waals surface area (Å²) in [5.41, 5.74) is 0.587. The van der Waals surface area contributed by atoms with Crippen LogP contribution in [-0.2, 0) is 4.79 Å². The maximum atomic E-state index is 12.0. The largest absolute Gasteiger partial charge is 0.358 e. The second-order valence-electron chi connectivity index (χ2n) is 6.23. The standard InChI is InChI=1S/C17H24N2O/c1-4-17(2,3)19-11-9-15(10-12-19)18-16(20)13-14-7-5-6-8-14/h1,9-11,14H,5-8,12-13H2,2-3H3,(H,18,20). The molecule has 108 valence electrons. The van der Waals surface area contributed by atoms with Crippen LogP contribution in [0.5, 0.6) is 0 Å². The van der Waals surface area contributed by atoms with Gasteiger partial charge in [-0.2, -0.15) is 0 Å². The van der Waals surface area contributed by atoms with Gasteiger partial charge in [-0.25, -0.2) is 0 Å². The Morgan fingerprint density at radius 2 is 2.20 bits per heavy atom. The fourth-order valence-electron chi connectivity index (χ4n) is 2.77. The molecule has 0 atom stereocenters. The van der Waals surface area contributed by atoms with E-state index in [-0.39, 0.29) is 11.4 Å². The van der Waals surface area contributed by atoms with Crippen LogP contribution in [0.25, 0.3) is 0 Å². The van der Waals surface area contributed by atoms with Crippen LogP contribution in [0.15, 0.2) is 24.0 Å². The van der Waals surface area contributed by atoms with Crippen LogP contribution in [-0.4, -0.2) is 22.9 Å². The van der Waals surface area contributed by atoms with Gasteiger partial charge in [-0.3, -0.25) is 4.79 Å². The first-order valence-electron chi connectivity index (χ1n) is 7.44. The van der Waals surface area contributed by atoms with Crippen LogP contribution in [0.2, 0.25) is 0 Å². The quantitative estimate of drug-likeness (QED) is 0.798. The molecule has 0 aromatic rings. The number of carbonyl (C=O) groups excluding carboxylic acids is 1. The molecule has 20 heavy (non-hydrogen) atoms. The molecule has 1 N–H and O–H groups in total. The Kier molecular flexibility index (Phi) is 4.54. The van der Waals surface area contributed by atoms with Crippen molar-refractivity contribution in [3.05, 3.63) is 24.0 Å². The van der Waals surface area contributed by atoms with Crippen molar-refractivity contribution < 1.29 is 4.79 Å². The smallest absolute Gasteiger partial charge is 0.224 e. The molecule has 3 nitrogen and oxygen atoms in total. The van der Waals surface area contributed by atoms with Crippen molar-refractivity contribution in [1.29, 1.82) is 0 Å². The van der Waals surface area contributed by atoms with E-state index in [2.05, 4.69) is 16.1 Å². The molecule has 0 saturated heterocycles. The molecule has 0 aromatic heterocycles. The Hall–Kier alpha value is -1.69. The van der Waals surface area contributed by atoms with E-state index in [0.29, 0.717) is 12.3 Å². The van der Waals surface area contributed by atoms with Crippen molar-refractivity contribution in [1.82, 2.24) is 10.2 Å². The van der Waals surface area contributed by atoms with Crippen molar-refractivity contribution in [3.63, 3.8) is 0 Å². The minimum Gasteiger partial charge on any atom is -0.358 e. The van der Waals surface area contributed by atoms with E-state index in [1.165, 1.54) is 25.7 Å². The molecular formula is C17H24N2O. The fraction of sp³-hybridized carbons (Fsp3) is 0.588. The number of terminal acetylenes is 1. The number of nitrogens with zero attached hydrogens (tertiary/aromatic N) is 1. The molecule has 1 amide bonds. The summed E-state index contributed by atoms with van der Waals surface area (Å²) in [6.07, 6.45) is 17.0. The van der Waals surface area contributed by atoms with Crippen LogP contribution < -0.4 is 5.32 Å². The zero-order valence-electron chi connectivity index (χ0n) is 12.5. The highest BCUT2D eigenvalue weighted by molar-refractivity contribution is 5.78. The van der Waals surface area contributed by atoms with Gasteiger partial charge in [0.05, 0.1) is 5.54 Å². The van der Waals surface area contributed by atoms with Crippen molar-refractivity contribution in [2.24, 2.45) is 5.92 Å². The molecule has 1 heterocycles. The minimum absolute atomic E-state index is 0.137. The Morgan fingerprint density at radius 1 is 1.50 bits per heavy atom. The van der Waals surface area contributed by atoms with Gasteiger partial charge in [0.25, 0.3) is 0 Å². The van der Waals surface area contributed by atoms with Gasteiger partial charge in [0.2, 0.25) is 5.91 Å². The van der Waals surface area contributed by atoms with Gasteiger partial charge >= 0.3 is 0 Å². The highest BCUT2D eigenvalue weighted by atomic mass is 16.1. The van der Waals surface area contributed by atoms with Gasteiger partial charge in [-0.15, -0.1) is 6.42 Å². The van der Waals surface area contributed by atoms with E-state index < -0.39 is 0 Å². The van der Waals surface area contributed by atoms with Crippen LogP contribution >= 0.6 is 0 Å². The average Bonchev–Trinajstić information content (AvgIpc) is 2.92. The summed E-state index contributed by atoms with van der Waals surface area (Å²) in [4.78, 5) is 14.1. The molecule has 2 rings (SSSR count). The third-order valence-corrected chi connectivity index (χ3v) is 4.25. The summed E-state index contributed by atoms with van der Waals surface area (Å²) in [7, 11) is 0. The zero-order chi connectivity index (χ0) is 14.6. The minimum atomic E-state index is -0.299. The van der Waals surface area contributed by atoms with Gasteiger partial charge in [0, 0.05) is 24.9 Å². The Bertz CT molecular complexity index is 462. The van der Waals surface area contributed by atoms with E-state index >= 15 is 0 Å². The van der Waals surface area contributed by atoms with Gasteiger partial charge in [0.15, 0.2) is 0 Å². The highest BCUT2D eigenvalue weighted by Crippen LogP contribution is 2.27. The van der Waals surface area contributed by atoms with Crippen LogP contribution in [0.4, 0.5) is 0 Å². The van der Waals surface area contributed by atoms with Crippen molar-refractivity contribution in [2.45, 2.75) is 51.5 Å². The third-order valence-electron chi connectivity index (χ3n) is 4.25. The van der Waals surface area contributed by atoms with E-state index in [9.17, 15) is 4.79 Å². The number of rotatable bonds is 4. The summed E-state index contributed by atoms with van der Waals surface area (Å²) >= 11 is 0. The maximum absolute atomic E-state index is 12.0. The lowest BCUT2D eigenvalue weighted by Crippen LogP contribution is -2.40. The maximum Gasteiger partial charge on any atom is 0.224 e. The molecule has 2 aliphatic rings. The predicted molar refractivity (Wildman–Crippen MR) is 81.6 cm³/mol. The molecule has 0 spiro atoms. The first-order valence-corrected chi connectivity index (χ1v) is 7.44. The summed E-state index contributed by atoms with van der Waals surface area (Å²) in [5, 5.41) is 2.99. The molecule has 1 aliphatic heterocycles. The van der Waals surface area contributed by atoms with Gasteiger partial charge < -0.3 is 10.2 Å². The van der Waals surface area contributed by atoms with Crippen molar-refractivity contribution in [2.75, 3.05) is 6.54 Å². The molecule has 0 aromatic carbocycles. The van der Waals surface area contributed by atoms with Gasteiger partial charge in [0.1, 0.15) is 0 Å². The monoisotopic (exact) mass is 272 g/mol. The summed E-state index contributed by atoms with van der Waals surface area (Å²) in [6.45, 7) is 4.75. The van der Waals surface area contributed by atoms with Gasteiger partial charge in [-0.1, -0.05) is 18.8 Å². The fourth-order valence-corrected chi connectivity index (χ4v) is 2.77. The SMILES string of the molecule is C#CC(C)(C)N1C=CC(NC(=O)CC2CCCC2)=CC1. The van der Waals surface area contributed by atoms with Crippen molar-refractivity contribution >= 4 is 5.91 Å². The van der Waals surface area contributed by atoms with E-state index in [0.717, 1.165) is 12.2 Å². The van der Waals surface area contributed by atoms with Crippen LogP contribution in [0.1, 0.15) is 46.0 Å². The molecule has 0 bridgehead atoms. The van der Waals surface area contributed by atoms with E-state index in [4.69, 9.17) is 6.42 Å². The lowest BCUT2D eigenvalue weighted by molar-refractivity contribution is -0.121. The normalized spacial score (nSPS) is 19.6. The number of amides is 1. The third kappa shape index (κ3) is 3.66. The molecule has 0 radical (unpaired) electrons. The van der Waals surface area contributed by atoms with Crippen molar-refractivity contribution in [3.8, 4) is 12.3 Å². The van der Waals surface area contributed by atoms with E-state index in [1.807, 2.05) is 32.2 Å². The second-order valence-corrected chi connectivity index (χ2v) is 6.23. The Labute approximate surface area is 122 Å². The lowest BCUT2D eigenvalue weighted by Gasteiger charge is -2.34. The van der Waals surface area contributed by atoms with Crippen LogP contribution in [0.3, 0.4) is 0 Å². The van der Waals surface area contributed by atoms with Gasteiger partial charge in [-0.05, 0) is 44.8 Å². The molecule has 1 saturated carbocycles. The topological polar surface area (TPSA) is 32.3 Å². The lowest BCUT2D eigenvalue weighted by atomic mass is 10.0. The predicted octanol–water partition coefficient (Wildman–Crippen LogP) is 2.81. The van der Waals surface area contributed by atoms with Crippen LogP contribution in [0, 0.1) is 18.3 Å². The number of hydrogen-bond acceptors (Lipinski definition) is 2. The molecule has 0 unspecified atom stereocenters. The second kappa shape index (κ2) is 6.17.